The average molecular weight is 445 g/mol. The summed E-state index contributed by atoms with van der Waals surface area (Å²) in [5, 5.41) is 11.4. The molecule has 1 aliphatic rings. The number of rotatable bonds is 8. The predicted octanol–water partition coefficient (Wildman–Crippen LogP) is 3.98. The van der Waals surface area contributed by atoms with Crippen molar-refractivity contribution >= 4 is 29.1 Å². The molecule has 3 rings (SSSR count). The van der Waals surface area contributed by atoms with Crippen LogP contribution in [0.15, 0.2) is 48.3 Å². The number of hydrogen-bond acceptors (Lipinski definition) is 6. The highest BCUT2D eigenvalue weighted by Crippen LogP contribution is 2.40. The standard InChI is InChI=1S/C23H25ClN2O5/c1-4-30-16-5-6-18(24)17(13-16)21(27)19-20(15-7-9-25-10-8-15)26(23(29)22(19)28)11-12-31-14(2)3/h5-10,13-14,20,27H,4,11-12H2,1-3H3/b21-19+. The van der Waals surface area contributed by atoms with Crippen molar-refractivity contribution in [1.82, 2.24) is 9.88 Å². The van der Waals surface area contributed by atoms with Gasteiger partial charge >= 0.3 is 0 Å². The van der Waals surface area contributed by atoms with E-state index >= 15 is 0 Å². The maximum Gasteiger partial charge on any atom is 0.295 e. The van der Waals surface area contributed by atoms with Crippen LogP contribution in [0.25, 0.3) is 5.76 Å². The molecule has 0 aliphatic carbocycles. The number of aliphatic hydroxyl groups is 1. The normalized spacial score (nSPS) is 18.1. The number of ketones is 1. The number of pyridine rings is 1. The lowest BCUT2D eigenvalue weighted by Gasteiger charge is -2.25. The Labute approximate surface area is 186 Å². The highest BCUT2D eigenvalue weighted by molar-refractivity contribution is 6.47. The van der Waals surface area contributed by atoms with Gasteiger partial charge in [0.15, 0.2) is 0 Å². The number of nitrogens with zero attached hydrogens (tertiary/aromatic N) is 2. The number of carbonyl (C=O) groups excluding carboxylic acids is 2. The maximum atomic E-state index is 13.0. The van der Waals surface area contributed by atoms with Crippen LogP contribution < -0.4 is 4.74 Å². The van der Waals surface area contributed by atoms with Crippen LogP contribution >= 0.6 is 11.6 Å². The number of benzene rings is 1. The van der Waals surface area contributed by atoms with Crippen molar-refractivity contribution in [3.8, 4) is 5.75 Å². The topological polar surface area (TPSA) is 89.0 Å². The number of halogens is 1. The summed E-state index contributed by atoms with van der Waals surface area (Å²) in [5.41, 5.74) is 0.844. The Morgan fingerprint density at radius 3 is 2.58 bits per heavy atom. The molecule has 1 saturated heterocycles. The molecule has 0 radical (unpaired) electrons. The SMILES string of the molecule is CCOc1ccc(Cl)c(/C(O)=C2\C(=O)C(=O)N(CCOC(C)C)C2c2ccncc2)c1. The smallest absolute Gasteiger partial charge is 0.295 e. The zero-order valence-corrected chi connectivity index (χ0v) is 18.4. The van der Waals surface area contributed by atoms with Gasteiger partial charge in [0.2, 0.25) is 0 Å². The Hall–Kier alpha value is -2.90. The average Bonchev–Trinajstić information content (AvgIpc) is 3.00. The number of Topliss-reactive ketones (excluding diaryl/α,β-unsaturated/α-hetero) is 1. The summed E-state index contributed by atoms with van der Waals surface area (Å²) in [6, 6.07) is 7.43. The third-order valence-electron chi connectivity index (χ3n) is 4.85. The van der Waals surface area contributed by atoms with E-state index in [-0.39, 0.29) is 41.2 Å². The molecule has 31 heavy (non-hydrogen) atoms. The van der Waals surface area contributed by atoms with Crippen LogP contribution in [0, 0.1) is 0 Å². The van der Waals surface area contributed by atoms with Gasteiger partial charge in [-0.2, -0.15) is 0 Å². The van der Waals surface area contributed by atoms with Gasteiger partial charge in [0.05, 0.1) is 36.0 Å². The summed E-state index contributed by atoms with van der Waals surface area (Å²) < 4.78 is 11.1. The number of aliphatic hydroxyl groups excluding tert-OH is 1. The summed E-state index contributed by atoms with van der Waals surface area (Å²) in [5.74, 6) is -1.33. The first kappa shape index (κ1) is 22.8. The molecule has 1 amide bonds. The van der Waals surface area contributed by atoms with Crippen LogP contribution in [-0.4, -0.2) is 52.5 Å². The monoisotopic (exact) mass is 444 g/mol. The maximum absolute atomic E-state index is 13.0. The molecule has 8 heteroatoms. The van der Waals surface area contributed by atoms with Crippen LogP contribution in [0.2, 0.25) is 5.02 Å². The molecule has 164 valence electrons. The fourth-order valence-electron chi connectivity index (χ4n) is 3.48. The number of carbonyl (C=O) groups is 2. The Bertz CT molecular complexity index is 991. The first-order valence-electron chi connectivity index (χ1n) is 10.1. The third-order valence-corrected chi connectivity index (χ3v) is 5.18. The lowest BCUT2D eigenvalue weighted by atomic mass is 9.96. The molecular weight excluding hydrogens is 420 g/mol. The minimum absolute atomic E-state index is 0.0173. The number of ether oxygens (including phenoxy) is 2. The van der Waals surface area contributed by atoms with Gasteiger partial charge in [-0.1, -0.05) is 11.6 Å². The number of amides is 1. The van der Waals surface area contributed by atoms with Crippen LogP contribution in [0.5, 0.6) is 5.75 Å². The molecular formula is C23H25ClN2O5. The second kappa shape index (κ2) is 9.94. The van der Waals surface area contributed by atoms with E-state index < -0.39 is 17.7 Å². The van der Waals surface area contributed by atoms with Crippen molar-refractivity contribution in [2.45, 2.75) is 32.9 Å². The molecule has 0 saturated carbocycles. The zero-order valence-electron chi connectivity index (χ0n) is 17.7. The Balaban J connectivity index is 2.11. The largest absolute Gasteiger partial charge is 0.507 e. The van der Waals surface area contributed by atoms with E-state index in [4.69, 9.17) is 21.1 Å². The van der Waals surface area contributed by atoms with Gasteiger partial charge in [-0.05, 0) is 56.7 Å². The first-order chi connectivity index (χ1) is 14.8. The van der Waals surface area contributed by atoms with Gasteiger partial charge in [0, 0.05) is 24.5 Å². The molecule has 1 aromatic carbocycles. The van der Waals surface area contributed by atoms with E-state index in [2.05, 4.69) is 4.98 Å². The molecule has 1 aliphatic heterocycles. The molecule has 1 fully saturated rings. The Morgan fingerprint density at radius 2 is 1.94 bits per heavy atom. The fourth-order valence-corrected chi connectivity index (χ4v) is 3.68. The highest BCUT2D eigenvalue weighted by Gasteiger charge is 2.46. The molecule has 7 nitrogen and oxygen atoms in total. The zero-order chi connectivity index (χ0) is 22.5. The van der Waals surface area contributed by atoms with Crippen LogP contribution in [0.3, 0.4) is 0 Å². The number of aromatic nitrogens is 1. The lowest BCUT2D eigenvalue weighted by Crippen LogP contribution is -2.33. The van der Waals surface area contributed by atoms with Crippen LogP contribution in [0.1, 0.15) is 37.9 Å². The van der Waals surface area contributed by atoms with E-state index in [1.54, 1.807) is 42.7 Å². The molecule has 1 N–H and O–H groups in total. The second-order valence-electron chi connectivity index (χ2n) is 7.27. The Morgan fingerprint density at radius 1 is 1.23 bits per heavy atom. The van der Waals surface area contributed by atoms with Crippen LogP contribution in [-0.2, 0) is 14.3 Å². The van der Waals surface area contributed by atoms with Gasteiger partial charge in [-0.25, -0.2) is 0 Å². The number of hydrogen-bond donors (Lipinski definition) is 1. The molecule has 0 bridgehead atoms. The first-order valence-corrected chi connectivity index (χ1v) is 10.5. The van der Waals surface area contributed by atoms with E-state index in [1.807, 2.05) is 20.8 Å². The second-order valence-corrected chi connectivity index (χ2v) is 7.67. The minimum Gasteiger partial charge on any atom is -0.507 e. The molecule has 2 heterocycles. The predicted molar refractivity (Wildman–Crippen MR) is 117 cm³/mol. The van der Waals surface area contributed by atoms with Crippen molar-refractivity contribution in [3.05, 3.63) is 64.4 Å². The lowest BCUT2D eigenvalue weighted by molar-refractivity contribution is -0.140. The van der Waals surface area contributed by atoms with Gasteiger partial charge in [-0.3, -0.25) is 14.6 Å². The quantitative estimate of drug-likeness (QED) is 0.376. The molecule has 0 spiro atoms. The number of likely N-dealkylation sites (tertiary alicyclic amines) is 1. The summed E-state index contributed by atoms with van der Waals surface area (Å²) in [6.07, 6.45) is 3.13. The van der Waals surface area contributed by atoms with E-state index in [1.165, 1.54) is 4.90 Å². The van der Waals surface area contributed by atoms with Gasteiger partial charge in [0.25, 0.3) is 11.7 Å². The summed E-state index contributed by atoms with van der Waals surface area (Å²) >= 11 is 6.31. The van der Waals surface area contributed by atoms with Gasteiger partial charge < -0.3 is 19.5 Å². The molecule has 2 aromatic rings. The molecule has 1 aromatic heterocycles. The summed E-state index contributed by atoms with van der Waals surface area (Å²) in [6.45, 7) is 6.50. The van der Waals surface area contributed by atoms with Crippen molar-refractivity contribution in [1.29, 1.82) is 0 Å². The third kappa shape index (κ3) is 4.89. The summed E-state index contributed by atoms with van der Waals surface area (Å²) in [7, 11) is 0. The van der Waals surface area contributed by atoms with E-state index in [9.17, 15) is 14.7 Å². The molecule has 1 unspecified atom stereocenters. The Kier molecular flexibility index (Phi) is 7.30. The minimum atomic E-state index is -0.787. The van der Waals surface area contributed by atoms with Crippen molar-refractivity contribution in [2.24, 2.45) is 0 Å². The van der Waals surface area contributed by atoms with E-state index in [0.717, 1.165) is 0 Å². The van der Waals surface area contributed by atoms with E-state index in [0.29, 0.717) is 17.9 Å². The van der Waals surface area contributed by atoms with Gasteiger partial charge in [0.1, 0.15) is 11.5 Å². The highest BCUT2D eigenvalue weighted by atomic mass is 35.5. The van der Waals surface area contributed by atoms with Crippen molar-refractivity contribution in [2.75, 3.05) is 19.8 Å². The van der Waals surface area contributed by atoms with Crippen molar-refractivity contribution in [3.63, 3.8) is 0 Å². The summed E-state index contributed by atoms with van der Waals surface area (Å²) in [4.78, 5) is 31.3. The van der Waals surface area contributed by atoms with Gasteiger partial charge in [-0.15, -0.1) is 0 Å². The molecule has 1 atom stereocenters. The van der Waals surface area contributed by atoms with Crippen molar-refractivity contribution < 1.29 is 24.2 Å². The fraction of sp³-hybridized carbons (Fsp3) is 0.348. The van der Waals surface area contributed by atoms with Crippen LogP contribution in [0.4, 0.5) is 0 Å².